The lowest BCUT2D eigenvalue weighted by atomic mass is 10.1. The lowest BCUT2D eigenvalue weighted by molar-refractivity contribution is -0.0522. The summed E-state index contributed by atoms with van der Waals surface area (Å²) in [6.07, 6.45) is -6.73. The Hall–Kier alpha value is -1.74. The van der Waals surface area contributed by atoms with E-state index in [-0.39, 0.29) is 11.2 Å². The zero-order valence-corrected chi connectivity index (χ0v) is 13.7. The van der Waals surface area contributed by atoms with Crippen molar-refractivity contribution in [3.05, 3.63) is 22.5 Å². The molecule has 15 heteroatoms. The van der Waals surface area contributed by atoms with Crippen molar-refractivity contribution in [2.45, 2.75) is 30.8 Å². The van der Waals surface area contributed by atoms with E-state index in [4.69, 9.17) is 24.7 Å². The number of rotatable bonds is 5. The van der Waals surface area contributed by atoms with Crippen molar-refractivity contribution in [2.75, 3.05) is 6.61 Å². The quantitative estimate of drug-likeness (QED) is 0.197. The Morgan fingerprint density at radius 3 is 2.65 bits per heavy atom. The van der Waals surface area contributed by atoms with Gasteiger partial charge < -0.3 is 39.9 Å². The molecule has 0 aliphatic carbocycles. The van der Waals surface area contributed by atoms with Crippen molar-refractivity contribution < 1.29 is 44.0 Å². The maximum absolute atomic E-state index is 11.9. The number of ether oxygens (including phenoxy) is 1. The van der Waals surface area contributed by atoms with Gasteiger partial charge in [-0.15, -0.1) is 0 Å². The first kappa shape index (κ1) is 19.0. The summed E-state index contributed by atoms with van der Waals surface area (Å²) in [6.45, 7) is -0.708. The molecule has 0 spiro atoms. The second kappa shape index (κ2) is 6.77. The number of H-pyrrole nitrogens is 1. The van der Waals surface area contributed by atoms with Crippen LogP contribution in [-0.4, -0.2) is 74.7 Å². The largest absolute Gasteiger partial charge is 0.469 e. The van der Waals surface area contributed by atoms with Crippen molar-refractivity contribution in [1.82, 2.24) is 19.5 Å². The summed E-state index contributed by atoms with van der Waals surface area (Å²) in [5, 5.41) is 38.5. The Balaban J connectivity index is 1.93. The van der Waals surface area contributed by atoms with Gasteiger partial charge in [0.05, 0.1) is 12.9 Å². The van der Waals surface area contributed by atoms with E-state index in [1.165, 1.54) is 0 Å². The van der Waals surface area contributed by atoms with Crippen LogP contribution in [0.1, 0.15) is 18.3 Å². The predicted molar refractivity (Wildman–Crippen MR) is 79.2 cm³/mol. The number of fused-ring (bicyclic) bond motifs is 1. The Morgan fingerprint density at radius 2 is 2.04 bits per heavy atom. The van der Waals surface area contributed by atoms with Gasteiger partial charge in [-0.1, -0.05) is 0 Å². The van der Waals surface area contributed by atoms with Crippen LogP contribution in [0, 0.1) is 0 Å². The number of imidazole rings is 1. The maximum Gasteiger partial charge on any atom is 0.469 e. The highest BCUT2D eigenvalue weighted by atomic mass is 31.2. The molecule has 7 N–H and O–H groups in total. The van der Waals surface area contributed by atoms with Gasteiger partial charge in [0.15, 0.2) is 23.2 Å². The second-order valence-corrected chi connectivity index (χ2v) is 6.72. The van der Waals surface area contributed by atoms with E-state index in [0.29, 0.717) is 0 Å². The molecule has 2 aromatic heterocycles. The van der Waals surface area contributed by atoms with Crippen molar-refractivity contribution in [2.24, 2.45) is 0 Å². The molecule has 0 amide bonds. The summed E-state index contributed by atoms with van der Waals surface area (Å²) in [5.41, 5.74) is -1.12. The lowest BCUT2D eigenvalue weighted by Crippen LogP contribution is -2.33. The summed E-state index contributed by atoms with van der Waals surface area (Å²) >= 11 is 0. The van der Waals surface area contributed by atoms with Crippen LogP contribution in [0.2, 0.25) is 0 Å². The fraction of sp³-hybridized carbons (Fsp3) is 0.545. The fourth-order valence-electron chi connectivity index (χ4n) is 2.52. The number of nitrogens with one attached hydrogen (secondary N) is 1. The van der Waals surface area contributed by atoms with Crippen LogP contribution in [-0.2, 0) is 13.8 Å². The second-order valence-electron chi connectivity index (χ2n) is 5.48. The van der Waals surface area contributed by atoms with Crippen molar-refractivity contribution in [1.29, 1.82) is 0 Å². The standard InChI is InChI=1S/C11H15N4O10P/c16-5-3(1-24-26(21,22)23)25-10(6(5)17)15-2-12-4-8(15)13-7(11(19)20)14-9(4)18/h2-3,5-6,10-11,16-17,19-20H,1H2,(H,13,14,18)(H2,21,22,23)/t3-,5-,6-,10-/m0/s1. The molecular weight excluding hydrogens is 379 g/mol. The van der Waals surface area contributed by atoms with E-state index in [1.807, 2.05) is 0 Å². The molecule has 1 saturated heterocycles. The number of aromatic nitrogens is 4. The third-order valence-electron chi connectivity index (χ3n) is 3.71. The highest BCUT2D eigenvalue weighted by Crippen LogP contribution is 2.38. The number of hydrogen-bond acceptors (Lipinski definition) is 10. The van der Waals surface area contributed by atoms with Crippen LogP contribution in [0.3, 0.4) is 0 Å². The van der Waals surface area contributed by atoms with Crippen LogP contribution in [0.5, 0.6) is 0 Å². The molecular formula is C11H15N4O10P. The van der Waals surface area contributed by atoms with E-state index >= 15 is 0 Å². The van der Waals surface area contributed by atoms with E-state index in [0.717, 1.165) is 10.9 Å². The van der Waals surface area contributed by atoms with E-state index in [1.54, 1.807) is 0 Å². The fourth-order valence-corrected chi connectivity index (χ4v) is 2.86. The molecule has 14 nitrogen and oxygen atoms in total. The molecule has 3 rings (SSSR count). The molecule has 0 unspecified atom stereocenters. The maximum atomic E-state index is 11.9. The molecule has 26 heavy (non-hydrogen) atoms. The summed E-state index contributed by atoms with van der Waals surface area (Å²) in [4.78, 5) is 39.1. The normalized spacial score (nSPS) is 26.9. The van der Waals surface area contributed by atoms with Gasteiger partial charge in [0, 0.05) is 0 Å². The number of aliphatic hydroxyl groups excluding tert-OH is 3. The van der Waals surface area contributed by atoms with Crippen molar-refractivity contribution in [3.8, 4) is 0 Å². The van der Waals surface area contributed by atoms with Crippen LogP contribution >= 0.6 is 7.82 Å². The zero-order chi connectivity index (χ0) is 19.2. The number of hydrogen-bond donors (Lipinski definition) is 7. The predicted octanol–water partition coefficient (Wildman–Crippen LogP) is -3.17. The molecule has 144 valence electrons. The minimum Gasteiger partial charge on any atom is -0.387 e. The Kier molecular flexibility index (Phi) is 4.96. The smallest absolute Gasteiger partial charge is 0.387 e. The first-order valence-corrected chi connectivity index (χ1v) is 8.66. The van der Waals surface area contributed by atoms with E-state index in [2.05, 4.69) is 19.5 Å². The average Bonchev–Trinajstić information content (AvgIpc) is 3.08. The van der Waals surface area contributed by atoms with Gasteiger partial charge in [0.1, 0.15) is 18.3 Å². The van der Waals surface area contributed by atoms with Gasteiger partial charge in [-0.25, -0.2) is 14.5 Å². The summed E-state index contributed by atoms with van der Waals surface area (Å²) in [7, 11) is -4.81. The lowest BCUT2D eigenvalue weighted by Gasteiger charge is -2.16. The van der Waals surface area contributed by atoms with Crippen LogP contribution < -0.4 is 5.56 Å². The van der Waals surface area contributed by atoms with Crippen molar-refractivity contribution >= 4 is 19.0 Å². The molecule has 0 saturated carbocycles. The SMILES string of the molecule is O=c1[nH]c(C(O)O)nc2c1ncn2[C@H]1O[C@@H](COP(=O)(O)O)[C@H](O)[C@@H]1O. The molecule has 2 aromatic rings. The molecule has 1 aliphatic heterocycles. The number of nitrogens with zero attached hydrogens (tertiary/aromatic N) is 3. The van der Waals surface area contributed by atoms with E-state index < -0.39 is 56.6 Å². The third-order valence-corrected chi connectivity index (χ3v) is 4.20. The van der Waals surface area contributed by atoms with E-state index in [9.17, 15) is 19.6 Å². The minimum absolute atomic E-state index is 0.162. The highest BCUT2D eigenvalue weighted by molar-refractivity contribution is 7.46. The summed E-state index contributed by atoms with van der Waals surface area (Å²) in [6, 6.07) is 0. The molecule has 1 aliphatic rings. The molecule has 0 aromatic carbocycles. The average molecular weight is 394 g/mol. The number of phosphoric ester groups is 1. The number of aromatic amines is 1. The van der Waals surface area contributed by atoms with Gasteiger partial charge in [0.25, 0.3) is 5.56 Å². The molecule has 0 bridgehead atoms. The van der Waals surface area contributed by atoms with Crippen LogP contribution in [0.25, 0.3) is 11.2 Å². The third kappa shape index (κ3) is 3.55. The highest BCUT2D eigenvalue weighted by Gasteiger charge is 2.45. The van der Waals surface area contributed by atoms with Gasteiger partial charge in [0.2, 0.25) is 6.29 Å². The van der Waals surface area contributed by atoms with Gasteiger partial charge in [-0.3, -0.25) is 13.9 Å². The van der Waals surface area contributed by atoms with Crippen molar-refractivity contribution in [3.63, 3.8) is 0 Å². The van der Waals surface area contributed by atoms with Gasteiger partial charge in [-0.05, 0) is 0 Å². The monoisotopic (exact) mass is 394 g/mol. The molecule has 0 radical (unpaired) electrons. The van der Waals surface area contributed by atoms with Gasteiger partial charge in [-0.2, -0.15) is 0 Å². The molecule has 3 heterocycles. The summed E-state index contributed by atoms with van der Waals surface area (Å²) in [5.74, 6) is -0.473. The van der Waals surface area contributed by atoms with Crippen LogP contribution in [0.15, 0.2) is 11.1 Å². The minimum atomic E-state index is -4.81. The topological polar surface area (TPSA) is 220 Å². The zero-order valence-electron chi connectivity index (χ0n) is 12.8. The Morgan fingerprint density at radius 1 is 1.35 bits per heavy atom. The van der Waals surface area contributed by atoms with Crippen LogP contribution in [0.4, 0.5) is 0 Å². The first-order valence-electron chi connectivity index (χ1n) is 7.13. The molecule has 1 fully saturated rings. The summed E-state index contributed by atoms with van der Waals surface area (Å²) < 4.78 is 21.4. The number of phosphoric acid groups is 1. The molecule has 4 atom stereocenters. The Labute approximate surface area is 143 Å². The first-order chi connectivity index (χ1) is 12.1. The number of aliphatic hydroxyl groups is 4. The van der Waals surface area contributed by atoms with Gasteiger partial charge >= 0.3 is 7.82 Å². The Bertz CT molecular complexity index is 906.